The number of thioether (sulfide) groups is 1. The van der Waals surface area contributed by atoms with E-state index in [2.05, 4.69) is 20.7 Å². The van der Waals surface area contributed by atoms with Crippen LogP contribution in [0.2, 0.25) is 0 Å². The number of alkyl halides is 3. The number of hydrogen-bond donors (Lipinski definition) is 0. The molecule has 0 amide bonds. The van der Waals surface area contributed by atoms with E-state index in [0.717, 1.165) is 6.07 Å². The molecule has 0 saturated carbocycles. The molecule has 0 unspecified atom stereocenters. The number of rotatable bonds is 2. The maximum Gasteiger partial charge on any atom is 0.446 e. The second-order valence-electron chi connectivity index (χ2n) is 2.68. The Labute approximate surface area is 102 Å². The largest absolute Gasteiger partial charge is 0.465 e. The smallest absolute Gasteiger partial charge is 0.446 e. The zero-order valence-corrected chi connectivity index (χ0v) is 10.4. The highest BCUT2D eigenvalue weighted by Crippen LogP contribution is 2.38. The Balaban J connectivity index is 3.03. The van der Waals surface area contributed by atoms with Gasteiger partial charge in [-0.2, -0.15) is 13.2 Å². The highest BCUT2D eigenvalue weighted by molar-refractivity contribution is 9.10. The Bertz CT molecular complexity index is 406. The summed E-state index contributed by atoms with van der Waals surface area (Å²) in [5.74, 6) is -0.684. The number of benzene rings is 1. The van der Waals surface area contributed by atoms with Gasteiger partial charge >= 0.3 is 11.5 Å². The molecule has 0 heterocycles. The quantitative estimate of drug-likeness (QED) is 0.612. The van der Waals surface area contributed by atoms with Gasteiger partial charge in [0.25, 0.3) is 0 Å². The van der Waals surface area contributed by atoms with E-state index in [-0.39, 0.29) is 22.2 Å². The number of methoxy groups -OCH3 is 1. The summed E-state index contributed by atoms with van der Waals surface area (Å²) in [6.07, 6.45) is 0. The first-order valence-corrected chi connectivity index (χ1v) is 5.58. The van der Waals surface area contributed by atoms with Gasteiger partial charge in [0, 0.05) is 9.37 Å². The summed E-state index contributed by atoms with van der Waals surface area (Å²) in [6, 6.07) is 3.78. The third-order valence-electron chi connectivity index (χ3n) is 1.58. The van der Waals surface area contributed by atoms with Crippen molar-refractivity contribution < 1.29 is 22.7 Å². The molecule has 0 N–H and O–H groups in total. The lowest BCUT2D eigenvalue weighted by atomic mass is 10.2. The standard InChI is InChI=1S/C9H6BrF3O2S/c1-15-8(14)6-4-5(2-3-7(6)10)16-9(11,12)13/h2-4H,1H3. The summed E-state index contributed by atoms with van der Waals surface area (Å²) in [5.41, 5.74) is -4.31. The number of carbonyl (C=O) groups excluding carboxylic acids is 1. The van der Waals surface area contributed by atoms with Crippen LogP contribution in [0.4, 0.5) is 13.2 Å². The average molecular weight is 315 g/mol. The van der Waals surface area contributed by atoms with Crippen molar-refractivity contribution in [3.05, 3.63) is 28.2 Å². The monoisotopic (exact) mass is 314 g/mol. The molecule has 1 rings (SSSR count). The Morgan fingerprint density at radius 3 is 2.56 bits per heavy atom. The average Bonchev–Trinajstić information content (AvgIpc) is 2.18. The van der Waals surface area contributed by atoms with Crippen LogP contribution in [0.1, 0.15) is 10.4 Å². The van der Waals surface area contributed by atoms with Gasteiger partial charge in [0.1, 0.15) is 0 Å². The summed E-state index contributed by atoms with van der Waals surface area (Å²) in [7, 11) is 1.17. The van der Waals surface area contributed by atoms with E-state index in [1.165, 1.54) is 19.2 Å². The van der Waals surface area contributed by atoms with Gasteiger partial charge in [-0.05, 0) is 45.9 Å². The van der Waals surface area contributed by atoms with Gasteiger partial charge in [0.2, 0.25) is 0 Å². The van der Waals surface area contributed by atoms with Crippen LogP contribution in [-0.2, 0) is 4.74 Å². The normalized spacial score (nSPS) is 11.3. The van der Waals surface area contributed by atoms with Crippen LogP contribution in [0, 0.1) is 0 Å². The fraction of sp³-hybridized carbons (Fsp3) is 0.222. The molecule has 88 valence electrons. The van der Waals surface area contributed by atoms with Crippen LogP contribution in [0.3, 0.4) is 0 Å². The summed E-state index contributed by atoms with van der Waals surface area (Å²) in [5, 5.41) is 0. The topological polar surface area (TPSA) is 26.3 Å². The maximum absolute atomic E-state index is 12.1. The first kappa shape index (κ1) is 13.4. The lowest BCUT2D eigenvalue weighted by Crippen LogP contribution is -2.04. The van der Waals surface area contributed by atoms with Gasteiger partial charge in [-0.25, -0.2) is 4.79 Å². The van der Waals surface area contributed by atoms with Crippen molar-refractivity contribution >= 4 is 33.7 Å². The van der Waals surface area contributed by atoms with Gasteiger partial charge in [-0.3, -0.25) is 0 Å². The van der Waals surface area contributed by atoms with E-state index in [1.807, 2.05) is 0 Å². The van der Waals surface area contributed by atoms with Crippen LogP contribution >= 0.6 is 27.7 Å². The molecule has 7 heteroatoms. The predicted octanol–water partition coefficient (Wildman–Crippen LogP) is 3.85. The van der Waals surface area contributed by atoms with Crippen LogP contribution < -0.4 is 0 Å². The molecular formula is C9H6BrF3O2S. The molecule has 0 aliphatic rings. The second kappa shape index (κ2) is 5.09. The molecule has 2 nitrogen and oxygen atoms in total. The summed E-state index contributed by atoms with van der Waals surface area (Å²) in [4.78, 5) is 11.2. The van der Waals surface area contributed by atoms with Crippen molar-refractivity contribution in [3.63, 3.8) is 0 Å². The Kier molecular flexibility index (Phi) is 4.26. The van der Waals surface area contributed by atoms with E-state index in [1.54, 1.807) is 0 Å². The molecule has 1 aromatic carbocycles. The molecule has 0 aromatic heterocycles. The van der Waals surface area contributed by atoms with Gasteiger partial charge < -0.3 is 4.74 Å². The van der Waals surface area contributed by atoms with Crippen molar-refractivity contribution in [2.75, 3.05) is 7.11 Å². The van der Waals surface area contributed by atoms with Crippen molar-refractivity contribution in [1.82, 2.24) is 0 Å². The maximum atomic E-state index is 12.1. The molecule has 0 atom stereocenters. The van der Waals surface area contributed by atoms with Gasteiger partial charge in [-0.15, -0.1) is 0 Å². The third kappa shape index (κ3) is 3.71. The van der Waals surface area contributed by atoms with Crippen LogP contribution in [0.25, 0.3) is 0 Å². The zero-order valence-electron chi connectivity index (χ0n) is 7.97. The third-order valence-corrected chi connectivity index (χ3v) is 2.99. The predicted molar refractivity (Wildman–Crippen MR) is 57.4 cm³/mol. The van der Waals surface area contributed by atoms with Crippen molar-refractivity contribution in [2.45, 2.75) is 10.4 Å². The molecule has 0 saturated heterocycles. The van der Waals surface area contributed by atoms with Crippen LogP contribution in [0.15, 0.2) is 27.6 Å². The molecule has 0 fully saturated rings. The van der Waals surface area contributed by atoms with E-state index in [4.69, 9.17) is 0 Å². The molecule has 0 aliphatic heterocycles. The Morgan fingerprint density at radius 2 is 2.06 bits per heavy atom. The highest BCUT2D eigenvalue weighted by Gasteiger charge is 2.29. The van der Waals surface area contributed by atoms with Crippen molar-refractivity contribution in [3.8, 4) is 0 Å². The molecular weight excluding hydrogens is 309 g/mol. The fourth-order valence-electron chi connectivity index (χ4n) is 0.968. The number of esters is 1. The van der Waals surface area contributed by atoms with Crippen molar-refractivity contribution in [1.29, 1.82) is 0 Å². The number of carbonyl (C=O) groups is 1. The first-order chi connectivity index (χ1) is 7.33. The minimum atomic E-state index is -4.37. The zero-order chi connectivity index (χ0) is 12.3. The molecule has 0 bridgehead atoms. The van der Waals surface area contributed by atoms with E-state index in [9.17, 15) is 18.0 Å². The lowest BCUT2D eigenvalue weighted by molar-refractivity contribution is -0.0328. The Hall–Kier alpha value is -0.690. The fourth-order valence-corrected chi connectivity index (χ4v) is 1.96. The van der Waals surface area contributed by atoms with Gasteiger partial charge in [-0.1, -0.05) is 0 Å². The van der Waals surface area contributed by atoms with Gasteiger partial charge in [0.05, 0.1) is 12.7 Å². The molecule has 16 heavy (non-hydrogen) atoms. The molecule has 0 spiro atoms. The van der Waals surface area contributed by atoms with Gasteiger partial charge in [0.15, 0.2) is 0 Å². The first-order valence-electron chi connectivity index (χ1n) is 3.97. The van der Waals surface area contributed by atoms with Crippen LogP contribution in [-0.4, -0.2) is 18.6 Å². The van der Waals surface area contributed by atoms with Crippen LogP contribution in [0.5, 0.6) is 0 Å². The minimum Gasteiger partial charge on any atom is -0.465 e. The summed E-state index contributed by atoms with van der Waals surface area (Å²) < 4.78 is 41.1. The number of halogens is 4. The minimum absolute atomic E-state index is 0.0592. The molecule has 0 radical (unpaired) electrons. The van der Waals surface area contributed by atoms with E-state index >= 15 is 0 Å². The number of hydrogen-bond acceptors (Lipinski definition) is 3. The van der Waals surface area contributed by atoms with E-state index in [0.29, 0.717) is 4.47 Å². The SMILES string of the molecule is COC(=O)c1cc(SC(F)(F)F)ccc1Br. The lowest BCUT2D eigenvalue weighted by Gasteiger charge is -2.08. The highest BCUT2D eigenvalue weighted by atomic mass is 79.9. The molecule has 1 aromatic rings. The second-order valence-corrected chi connectivity index (χ2v) is 4.67. The summed E-state index contributed by atoms with van der Waals surface area (Å²) >= 11 is 2.78. The van der Waals surface area contributed by atoms with E-state index < -0.39 is 11.5 Å². The summed E-state index contributed by atoms with van der Waals surface area (Å²) in [6.45, 7) is 0. The van der Waals surface area contributed by atoms with Crippen molar-refractivity contribution in [2.24, 2.45) is 0 Å². The molecule has 0 aliphatic carbocycles. The Morgan fingerprint density at radius 1 is 1.44 bits per heavy atom. The number of ether oxygens (including phenoxy) is 1.